The molecule has 0 unspecified atom stereocenters. The lowest BCUT2D eigenvalue weighted by Gasteiger charge is -2.02. The number of carbonyl (C=O) groups excluding carboxylic acids is 1. The molecule has 2 aromatic heterocycles. The Balaban J connectivity index is 1.63. The molecule has 0 saturated carbocycles. The van der Waals surface area contributed by atoms with Gasteiger partial charge in [0.05, 0.1) is 15.9 Å². The molecular weight excluding hydrogens is 410 g/mol. The summed E-state index contributed by atoms with van der Waals surface area (Å²) in [6.07, 6.45) is 0. The van der Waals surface area contributed by atoms with Gasteiger partial charge in [-0.2, -0.15) is 10.1 Å². The molecule has 0 spiro atoms. The Morgan fingerprint density at radius 2 is 2.04 bits per heavy atom. The normalized spacial score (nSPS) is 10.9. The summed E-state index contributed by atoms with van der Waals surface area (Å²) >= 11 is 9.30. The fraction of sp³-hybridized carbons (Fsp3) is 0.250. The molecule has 1 N–H and O–H groups in total. The van der Waals surface area contributed by atoms with E-state index in [2.05, 4.69) is 36.5 Å². The smallest absolute Gasteiger partial charge is 0.316 e. The molecule has 0 aliphatic rings. The molecular formula is C16H15BrClN5O2. The van der Waals surface area contributed by atoms with Gasteiger partial charge in [-0.1, -0.05) is 28.9 Å². The van der Waals surface area contributed by atoms with E-state index in [4.69, 9.17) is 16.1 Å². The van der Waals surface area contributed by atoms with Gasteiger partial charge in [-0.25, -0.2) is 0 Å². The first-order chi connectivity index (χ1) is 11.9. The van der Waals surface area contributed by atoms with Crippen molar-refractivity contribution in [1.82, 2.24) is 25.2 Å². The van der Waals surface area contributed by atoms with Crippen molar-refractivity contribution < 1.29 is 9.32 Å². The highest BCUT2D eigenvalue weighted by Gasteiger charge is 2.17. The van der Waals surface area contributed by atoms with Crippen LogP contribution in [0, 0.1) is 13.8 Å². The van der Waals surface area contributed by atoms with Crippen LogP contribution in [0.15, 0.2) is 33.3 Å². The van der Waals surface area contributed by atoms with Crippen molar-refractivity contribution in [2.45, 2.75) is 26.9 Å². The number of nitrogens with one attached hydrogen (secondary N) is 1. The van der Waals surface area contributed by atoms with E-state index >= 15 is 0 Å². The summed E-state index contributed by atoms with van der Waals surface area (Å²) in [4.78, 5) is 16.2. The highest BCUT2D eigenvalue weighted by atomic mass is 79.9. The zero-order chi connectivity index (χ0) is 18.0. The van der Waals surface area contributed by atoms with Crippen LogP contribution in [0.1, 0.15) is 33.5 Å². The topological polar surface area (TPSA) is 85.8 Å². The quantitative estimate of drug-likeness (QED) is 0.679. The summed E-state index contributed by atoms with van der Waals surface area (Å²) in [5, 5.41) is 11.6. The Hall–Kier alpha value is -2.19. The second-order valence-corrected chi connectivity index (χ2v) is 6.70. The minimum atomic E-state index is -0.428. The van der Waals surface area contributed by atoms with Gasteiger partial charge in [-0.3, -0.25) is 9.48 Å². The fourth-order valence-electron chi connectivity index (χ4n) is 2.23. The van der Waals surface area contributed by atoms with Gasteiger partial charge >= 0.3 is 11.8 Å². The van der Waals surface area contributed by atoms with Crippen molar-refractivity contribution in [3.8, 4) is 0 Å². The molecule has 3 rings (SSSR count). The first-order valence-corrected chi connectivity index (χ1v) is 8.66. The van der Waals surface area contributed by atoms with Crippen LogP contribution in [0.4, 0.5) is 0 Å². The first kappa shape index (κ1) is 17.6. The van der Waals surface area contributed by atoms with Gasteiger partial charge in [0.25, 0.3) is 0 Å². The molecule has 0 aliphatic carbocycles. The first-order valence-electron chi connectivity index (χ1n) is 7.49. The third kappa shape index (κ3) is 4.08. The van der Waals surface area contributed by atoms with Gasteiger partial charge in [-0.15, -0.1) is 0 Å². The van der Waals surface area contributed by atoms with Crippen LogP contribution in [0.3, 0.4) is 0 Å². The second kappa shape index (κ2) is 7.37. The van der Waals surface area contributed by atoms with Crippen LogP contribution >= 0.6 is 27.5 Å². The van der Waals surface area contributed by atoms with E-state index in [1.165, 1.54) is 0 Å². The lowest BCUT2D eigenvalue weighted by Crippen LogP contribution is -2.23. The molecule has 25 heavy (non-hydrogen) atoms. The fourth-order valence-corrected chi connectivity index (χ4v) is 2.64. The lowest BCUT2D eigenvalue weighted by molar-refractivity contribution is 0.0907. The van der Waals surface area contributed by atoms with E-state index in [0.717, 1.165) is 21.4 Å². The highest BCUT2D eigenvalue weighted by molar-refractivity contribution is 9.10. The molecule has 7 nitrogen and oxygen atoms in total. The van der Waals surface area contributed by atoms with E-state index in [-0.39, 0.29) is 5.89 Å². The Morgan fingerprint density at radius 3 is 2.68 bits per heavy atom. The minimum Gasteiger partial charge on any atom is -0.344 e. The lowest BCUT2D eigenvalue weighted by atomic mass is 10.2. The number of aromatic nitrogens is 4. The van der Waals surface area contributed by atoms with Crippen LogP contribution in [-0.4, -0.2) is 25.8 Å². The van der Waals surface area contributed by atoms with Gasteiger partial charge in [-0.05, 0) is 47.5 Å². The maximum atomic E-state index is 12.1. The minimum absolute atomic E-state index is 0.0791. The van der Waals surface area contributed by atoms with Crippen LogP contribution in [-0.2, 0) is 13.1 Å². The van der Waals surface area contributed by atoms with Crippen molar-refractivity contribution in [2.24, 2.45) is 0 Å². The largest absolute Gasteiger partial charge is 0.344 e. The van der Waals surface area contributed by atoms with E-state index in [0.29, 0.717) is 23.9 Å². The molecule has 3 aromatic rings. The van der Waals surface area contributed by atoms with Gasteiger partial charge in [0.15, 0.2) is 5.82 Å². The van der Waals surface area contributed by atoms with E-state index < -0.39 is 5.91 Å². The van der Waals surface area contributed by atoms with Crippen LogP contribution in [0.5, 0.6) is 0 Å². The summed E-state index contributed by atoms with van der Waals surface area (Å²) < 4.78 is 7.73. The Morgan fingerprint density at radius 1 is 1.32 bits per heavy atom. The van der Waals surface area contributed by atoms with Crippen molar-refractivity contribution in [1.29, 1.82) is 0 Å². The van der Waals surface area contributed by atoms with Crippen LogP contribution < -0.4 is 5.32 Å². The van der Waals surface area contributed by atoms with Gasteiger partial charge in [0.2, 0.25) is 0 Å². The third-order valence-electron chi connectivity index (χ3n) is 3.61. The molecule has 130 valence electrons. The van der Waals surface area contributed by atoms with Gasteiger partial charge < -0.3 is 9.84 Å². The molecule has 0 aliphatic heterocycles. The maximum absolute atomic E-state index is 12.1. The standard InChI is InChI=1S/C16H15BrClN5O2/c1-9-14(17)10(2)23(21-9)8-13-20-16(25-22-13)15(24)19-7-11-3-5-12(18)6-4-11/h3-6H,7-8H2,1-2H3,(H,19,24). The van der Waals surface area contributed by atoms with Crippen LogP contribution in [0.25, 0.3) is 0 Å². The average Bonchev–Trinajstić information content (AvgIpc) is 3.16. The monoisotopic (exact) mass is 423 g/mol. The molecule has 0 radical (unpaired) electrons. The molecule has 0 fully saturated rings. The predicted octanol–water partition coefficient (Wildman–Crippen LogP) is 3.28. The summed E-state index contributed by atoms with van der Waals surface area (Å²) in [5.41, 5.74) is 2.75. The van der Waals surface area contributed by atoms with E-state index in [9.17, 15) is 4.79 Å². The zero-order valence-corrected chi connectivity index (χ0v) is 15.9. The highest BCUT2D eigenvalue weighted by Crippen LogP contribution is 2.20. The summed E-state index contributed by atoms with van der Waals surface area (Å²) in [6, 6.07) is 7.20. The van der Waals surface area contributed by atoms with Gasteiger partial charge in [0, 0.05) is 11.6 Å². The van der Waals surface area contributed by atoms with E-state index in [1.54, 1.807) is 16.8 Å². The Labute approximate surface area is 157 Å². The number of nitrogens with zero attached hydrogens (tertiary/aromatic N) is 4. The number of aryl methyl sites for hydroxylation is 1. The molecule has 1 amide bonds. The molecule has 0 atom stereocenters. The SMILES string of the molecule is Cc1nn(Cc2noc(C(=O)NCc3ccc(Cl)cc3)n2)c(C)c1Br. The number of rotatable bonds is 5. The maximum Gasteiger partial charge on any atom is 0.316 e. The summed E-state index contributed by atoms with van der Waals surface area (Å²) in [6.45, 7) is 4.51. The molecule has 2 heterocycles. The Kier molecular flexibility index (Phi) is 5.19. The predicted molar refractivity (Wildman–Crippen MR) is 95.4 cm³/mol. The van der Waals surface area contributed by atoms with E-state index in [1.807, 2.05) is 26.0 Å². The number of hydrogen-bond donors (Lipinski definition) is 1. The second-order valence-electron chi connectivity index (χ2n) is 5.47. The van der Waals surface area contributed by atoms with Crippen molar-refractivity contribution in [3.05, 3.63) is 62.4 Å². The molecule has 0 bridgehead atoms. The number of hydrogen-bond acceptors (Lipinski definition) is 5. The van der Waals surface area contributed by atoms with Crippen LogP contribution in [0.2, 0.25) is 5.02 Å². The number of halogens is 2. The Bertz CT molecular complexity index is 904. The number of amides is 1. The molecule has 9 heteroatoms. The summed E-state index contributed by atoms with van der Waals surface area (Å²) in [5.74, 6) is -0.123. The number of benzene rings is 1. The van der Waals surface area contributed by atoms with Gasteiger partial charge in [0.1, 0.15) is 6.54 Å². The molecule has 0 saturated heterocycles. The van der Waals surface area contributed by atoms with Crippen molar-refractivity contribution in [3.63, 3.8) is 0 Å². The number of carbonyl (C=O) groups is 1. The van der Waals surface area contributed by atoms with Crippen molar-refractivity contribution >= 4 is 33.4 Å². The molecule has 1 aromatic carbocycles. The third-order valence-corrected chi connectivity index (χ3v) is 5.01. The van der Waals surface area contributed by atoms with Crippen molar-refractivity contribution in [2.75, 3.05) is 0 Å². The summed E-state index contributed by atoms with van der Waals surface area (Å²) in [7, 11) is 0. The average molecular weight is 425 g/mol. The zero-order valence-electron chi connectivity index (χ0n) is 13.6.